The van der Waals surface area contributed by atoms with Gasteiger partial charge in [-0.25, -0.2) is 4.39 Å². The minimum atomic E-state index is -1.23. The van der Waals surface area contributed by atoms with Crippen LogP contribution in [0.2, 0.25) is 0 Å². The minimum absolute atomic E-state index is 0.00823. The van der Waals surface area contributed by atoms with Gasteiger partial charge in [0.05, 0.1) is 0 Å². The molecule has 0 spiro atoms. The summed E-state index contributed by atoms with van der Waals surface area (Å²) in [6.07, 6.45) is 8.66. The number of carbonyl (C=O) groups is 2. The van der Waals surface area contributed by atoms with E-state index >= 15 is 4.39 Å². The zero-order valence-electron chi connectivity index (χ0n) is 17.1. The molecule has 0 aromatic heterocycles. The largest absolute Gasteiger partial charge is 0.462 e. The van der Waals surface area contributed by atoms with Crippen LogP contribution in [-0.4, -0.2) is 23.5 Å². The Morgan fingerprint density at radius 3 is 2.48 bits per heavy atom. The van der Waals surface area contributed by atoms with Gasteiger partial charge in [0, 0.05) is 30.6 Å². The molecule has 4 aliphatic carbocycles. The molecule has 4 rings (SSSR count). The zero-order chi connectivity index (χ0) is 19.6. The van der Waals surface area contributed by atoms with E-state index < -0.39 is 11.1 Å². The summed E-state index contributed by atoms with van der Waals surface area (Å²) in [6, 6.07) is 0. The van der Waals surface area contributed by atoms with E-state index in [4.69, 9.17) is 4.74 Å². The van der Waals surface area contributed by atoms with Gasteiger partial charge in [-0.15, -0.1) is 0 Å². The Bertz CT molecular complexity index is 700. The fourth-order valence-corrected chi connectivity index (χ4v) is 7.53. The first kappa shape index (κ1) is 19.1. The van der Waals surface area contributed by atoms with Crippen molar-refractivity contribution in [1.29, 1.82) is 0 Å². The molecule has 3 fully saturated rings. The summed E-state index contributed by atoms with van der Waals surface area (Å²) in [5.41, 5.74) is -0.357. The second-order valence-corrected chi connectivity index (χ2v) is 10.1. The second-order valence-electron chi connectivity index (χ2n) is 10.1. The molecule has 0 unspecified atom stereocenters. The number of rotatable bonds is 2. The first-order valence-electron chi connectivity index (χ1n) is 10.7. The molecule has 0 saturated heterocycles. The summed E-state index contributed by atoms with van der Waals surface area (Å²) < 4.78 is 22.1. The van der Waals surface area contributed by atoms with Gasteiger partial charge in [-0.1, -0.05) is 25.5 Å². The van der Waals surface area contributed by atoms with E-state index in [0.717, 1.165) is 38.5 Å². The third-order valence-electron chi connectivity index (χ3n) is 8.99. The van der Waals surface area contributed by atoms with Crippen molar-refractivity contribution in [2.24, 2.45) is 28.6 Å². The topological polar surface area (TPSA) is 43.4 Å². The van der Waals surface area contributed by atoms with Crippen molar-refractivity contribution in [2.45, 2.75) is 90.8 Å². The van der Waals surface area contributed by atoms with Gasteiger partial charge in [0.25, 0.3) is 0 Å². The SMILES string of the molecule is CC(=O)O[C@H]1CC[C@@]2(C)C(=CC[C@@H]3[C@@H]2CC[C@]2(C)[C@@H](C(C)=O)CC[C@@]32F)C1. The van der Waals surface area contributed by atoms with Crippen molar-refractivity contribution in [1.82, 2.24) is 0 Å². The maximum Gasteiger partial charge on any atom is 0.302 e. The molecular weight excluding hydrogens is 343 g/mol. The number of ketones is 1. The fraction of sp³-hybridized carbons (Fsp3) is 0.826. The van der Waals surface area contributed by atoms with E-state index in [-0.39, 0.29) is 35.1 Å². The van der Waals surface area contributed by atoms with Crippen LogP contribution in [0.15, 0.2) is 11.6 Å². The minimum Gasteiger partial charge on any atom is -0.462 e. The predicted molar refractivity (Wildman–Crippen MR) is 102 cm³/mol. The van der Waals surface area contributed by atoms with E-state index in [9.17, 15) is 9.59 Å². The number of halogens is 1. The van der Waals surface area contributed by atoms with Crippen LogP contribution in [0.3, 0.4) is 0 Å². The average molecular weight is 377 g/mol. The Labute approximate surface area is 162 Å². The van der Waals surface area contributed by atoms with E-state index in [1.165, 1.54) is 12.5 Å². The lowest BCUT2D eigenvalue weighted by Gasteiger charge is -2.60. The molecule has 0 aliphatic heterocycles. The lowest BCUT2D eigenvalue weighted by molar-refractivity contribution is -0.154. The van der Waals surface area contributed by atoms with Gasteiger partial charge in [-0.05, 0) is 63.2 Å². The quantitative estimate of drug-likeness (QED) is 0.493. The van der Waals surface area contributed by atoms with Crippen molar-refractivity contribution in [3.63, 3.8) is 0 Å². The highest BCUT2D eigenvalue weighted by molar-refractivity contribution is 5.80. The fourth-order valence-electron chi connectivity index (χ4n) is 7.53. The van der Waals surface area contributed by atoms with Crippen molar-refractivity contribution in [3.8, 4) is 0 Å². The summed E-state index contributed by atoms with van der Waals surface area (Å²) >= 11 is 0. The van der Waals surface area contributed by atoms with Crippen LogP contribution in [0.1, 0.15) is 79.1 Å². The molecule has 0 aromatic carbocycles. The van der Waals surface area contributed by atoms with Crippen molar-refractivity contribution in [2.75, 3.05) is 0 Å². The maximum absolute atomic E-state index is 16.6. The van der Waals surface area contributed by atoms with Crippen molar-refractivity contribution >= 4 is 11.8 Å². The van der Waals surface area contributed by atoms with Crippen LogP contribution in [-0.2, 0) is 14.3 Å². The first-order chi connectivity index (χ1) is 12.6. The number of esters is 1. The summed E-state index contributed by atoms with van der Waals surface area (Å²) in [4.78, 5) is 23.6. The average Bonchev–Trinajstić information content (AvgIpc) is 2.86. The predicted octanol–water partition coefficient (Wildman–Crippen LogP) is 5.18. The standard InChI is InChI=1S/C23H33FO3/c1-14(25)18-9-12-23(24)20-6-5-16-13-17(27-15(2)26)7-10-21(16,3)19(20)8-11-22(18,23)4/h5,17-20H,6-13H2,1-4H3/t17-,18+,19-,20+,21-,22+,23+/m0/s1. The highest BCUT2D eigenvalue weighted by atomic mass is 19.1. The second kappa shape index (κ2) is 6.15. The molecule has 4 heteroatoms. The van der Waals surface area contributed by atoms with E-state index in [1.54, 1.807) is 6.92 Å². The number of Topliss-reactive ketones (excluding diaryl/α,β-unsaturated/α-hetero) is 1. The van der Waals surface area contributed by atoms with Crippen LogP contribution in [0.4, 0.5) is 4.39 Å². The molecule has 150 valence electrons. The number of hydrogen-bond acceptors (Lipinski definition) is 3. The summed E-state index contributed by atoms with van der Waals surface area (Å²) in [7, 11) is 0. The Morgan fingerprint density at radius 1 is 1.07 bits per heavy atom. The number of ether oxygens (including phenoxy) is 1. The van der Waals surface area contributed by atoms with Crippen LogP contribution in [0.25, 0.3) is 0 Å². The molecule has 27 heavy (non-hydrogen) atoms. The van der Waals surface area contributed by atoms with Gasteiger partial charge < -0.3 is 4.74 Å². The van der Waals surface area contributed by atoms with Gasteiger partial charge >= 0.3 is 5.97 Å². The Balaban J connectivity index is 1.64. The lowest BCUT2D eigenvalue weighted by Crippen LogP contribution is -2.58. The lowest BCUT2D eigenvalue weighted by atomic mass is 9.46. The first-order valence-corrected chi connectivity index (χ1v) is 10.7. The number of alkyl halides is 1. The molecule has 3 nitrogen and oxygen atoms in total. The van der Waals surface area contributed by atoms with Crippen molar-refractivity contribution in [3.05, 3.63) is 11.6 Å². The third-order valence-corrected chi connectivity index (χ3v) is 8.99. The van der Waals surface area contributed by atoms with Crippen molar-refractivity contribution < 1.29 is 18.7 Å². The molecule has 0 N–H and O–H groups in total. The molecule has 0 radical (unpaired) electrons. The summed E-state index contributed by atoms with van der Waals surface area (Å²) in [5.74, 6) is 0.173. The molecule has 0 heterocycles. The van der Waals surface area contributed by atoms with Crippen LogP contribution < -0.4 is 0 Å². The molecular formula is C23H33FO3. The molecule has 0 bridgehead atoms. The Kier molecular flexibility index (Phi) is 4.36. The molecule has 0 aromatic rings. The third kappa shape index (κ3) is 2.57. The summed E-state index contributed by atoms with van der Waals surface area (Å²) in [6.45, 7) is 7.47. The molecule has 7 atom stereocenters. The Morgan fingerprint density at radius 2 is 1.81 bits per heavy atom. The van der Waals surface area contributed by atoms with Gasteiger partial charge in [0.15, 0.2) is 0 Å². The van der Waals surface area contributed by atoms with E-state index in [1.807, 2.05) is 6.92 Å². The van der Waals surface area contributed by atoms with Crippen LogP contribution in [0.5, 0.6) is 0 Å². The zero-order valence-corrected chi connectivity index (χ0v) is 17.1. The molecule has 4 aliphatic rings. The number of allylic oxidation sites excluding steroid dienone is 1. The highest BCUT2D eigenvalue weighted by Crippen LogP contribution is 2.69. The van der Waals surface area contributed by atoms with E-state index in [2.05, 4.69) is 13.0 Å². The van der Waals surface area contributed by atoms with Gasteiger partial charge in [-0.3, -0.25) is 9.59 Å². The maximum atomic E-state index is 16.6. The number of hydrogen-bond donors (Lipinski definition) is 0. The normalized spacial score (nSPS) is 48.7. The smallest absolute Gasteiger partial charge is 0.302 e. The monoisotopic (exact) mass is 376 g/mol. The van der Waals surface area contributed by atoms with Crippen LogP contribution in [0, 0.1) is 28.6 Å². The molecule has 0 amide bonds. The van der Waals surface area contributed by atoms with Gasteiger partial charge in [0.2, 0.25) is 0 Å². The Hall–Kier alpha value is -1.19. The summed E-state index contributed by atoms with van der Waals surface area (Å²) in [5, 5.41) is 0. The number of carbonyl (C=O) groups excluding carboxylic acids is 2. The number of fused-ring (bicyclic) bond motifs is 5. The van der Waals surface area contributed by atoms with Gasteiger partial charge in [-0.2, -0.15) is 0 Å². The van der Waals surface area contributed by atoms with E-state index in [0.29, 0.717) is 18.8 Å². The van der Waals surface area contributed by atoms with Gasteiger partial charge in [0.1, 0.15) is 17.6 Å². The highest BCUT2D eigenvalue weighted by Gasteiger charge is 2.68. The van der Waals surface area contributed by atoms with Crippen LogP contribution >= 0.6 is 0 Å². The molecule has 3 saturated carbocycles.